The molecule has 0 radical (unpaired) electrons. The maximum Gasteiger partial charge on any atom is 0.241 e. The number of nitrogens with zero attached hydrogens (tertiary/aromatic N) is 6. The summed E-state index contributed by atoms with van der Waals surface area (Å²) in [6.07, 6.45) is 0.924. The highest BCUT2D eigenvalue weighted by molar-refractivity contribution is 5.96. The predicted octanol–water partition coefficient (Wildman–Crippen LogP) is 4.07. The molecule has 1 saturated heterocycles. The van der Waals surface area contributed by atoms with Gasteiger partial charge >= 0.3 is 0 Å². The van der Waals surface area contributed by atoms with Crippen molar-refractivity contribution in [2.24, 2.45) is 0 Å². The van der Waals surface area contributed by atoms with Gasteiger partial charge in [0.05, 0.1) is 6.54 Å². The van der Waals surface area contributed by atoms with Crippen LogP contribution in [0.25, 0.3) is 0 Å². The van der Waals surface area contributed by atoms with E-state index in [0.29, 0.717) is 24.4 Å². The number of carbonyl (C=O) groups is 1. The van der Waals surface area contributed by atoms with Crippen LogP contribution in [0, 0.1) is 0 Å². The molecule has 0 unspecified atom stereocenters. The highest BCUT2D eigenvalue weighted by Gasteiger charge is 2.27. The van der Waals surface area contributed by atoms with Gasteiger partial charge in [0, 0.05) is 49.8 Å². The predicted molar refractivity (Wildman–Crippen MR) is 150 cm³/mol. The number of nitrogens with one attached hydrogen (secondary N) is 2. The van der Waals surface area contributed by atoms with Crippen molar-refractivity contribution in [1.82, 2.24) is 19.9 Å². The fraction of sp³-hybridized carbons (Fsp3) is 0.241. The summed E-state index contributed by atoms with van der Waals surface area (Å²) in [5, 5.41) is 6.59. The van der Waals surface area contributed by atoms with Gasteiger partial charge in [0.1, 0.15) is 0 Å². The molecule has 38 heavy (non-hydrogen) atoms. The zero-order chi connectivity index (χ0) is 25.7. The number of aromatic nitrogens is 3. The minimum atomic E-state index is 0.159. The summed E-state index contributed by atoms with van der Waals surface area (Å²) in [5.74, 6) is 1.72. The third-order valence-corrected chi connectivity index (χ3v) is 6.89. The Labute approximate surface area is 222 Å². The summed E-state index contributed by atoms with van der Waals surface area (Å²) in [4.78, 5) is 33.4. The van der Waals surface area contributed by atoms with E-state index in [1.54, 1.807) is 0 Å². The number of carbonyl (C=O) groups excluding carboxylic acids is 1. The molecule has 9 heteroatoms. The van der Waals surface area contributed by atoms with Crippen molar-refractivity contribution in [2.75, 3.05) is 59.7 Å². The number of amides is 1. The van der Waals surface area contributed by atoms with Gasteiger partial charge in [-0.1, -0.05) is 54.6 Å². The van der Waals surface area contributed by atoms with Crippen molar-refractivity contribution in [3.05, 3.63) is 90.5 Å². The summed E-state index contributed by atoms with van der Waals surface area (Å²) in [7, 11) is 0. The van der Waals surface area contributed by atoms with E-state index in [2.05, 4.69) is 31.5 Å². The monoisotopic (exact) mass is 506 g/mol. The van der Waals surface area contributed by atoms with Crippen LogP contribution in [0.15, 0.2) is 84.9 Å². The van der Waals surface area contributed by atoms with Crippen LogP contribution >= 0.6 is 0 Å². The summed E-state index contributed by atoms with van der Waals surface area (Å²) in [6, 6.07) is 27.9. The van der Waals surface area contributed by atoms with Crippen molar-refractivity contribution in [3.63, 3.8) is 0 Å². The smallest absolute Gasteiger partial charge is 0.241 e. The Morgan fingerprint density at radius 2 is 1.26 bits per heavy atom. The fourth-order valence-electron chi connectivity index (χ4n) is 4.90. The first kappa shape index (κ1) is 23.9. The molecule has 0 aliphatic carbocycles. The van der Waals surface area contributed by atoms with E-state index in [0.717, 1.165) is 56.2 Å². The minimum Gasteiger partial charge on any atom is -0.338 e. The zero-order valence-electron chi connectivity index (χ0n) is 21.1. The van der Waals surface area contributed by atoms with Gasteiger partial charge in [-0.15, -0.1) is 0 Å². The topological polar surface area (TPSA) is 89.5 Å². The fourth-order valence-corrected chi connectivity index (χ4v) is 4.90. The lowest BCUT2D eigenvalue weighted by Crippen LogP contribution is -2.50. The Balaban J connectivity index is 1.14. The molecule has 1 fully saturated rings. The molecular weight excluding hydrogens is 476 g/mol. The van der Waals surface area contributed by atoms with Gasteiger partial charge in [-0.3, -0.25) is 9.69 Å². The standard InChI is InChI=1S/C29H30N8O/c38-26(37-16-15-22-9-7-8-14-25(22)37)21-35-17-19-36(20-18-35)29-33-27(30-23-10-3-1-4-11-23)32-28(34-29)31-24-12-5-2-6-13-24/h1-14H,15-21H2,(H2,30,31,32,33,34). The van der Waals surface area contributed by atoms with E-state index in [1.807, 2.05) is 83.8 Å². The van der Waals surface area contributed by atoms with Crippen LogP contribution < -0.4 is 20.4 Å². The van der Waals surface area contributed by atoms with Crippen molar-refractivity contribution in [2.45, 2.75) is 6.42 Å². The minimum absolute atomic E-state index is 0.159. The molecule has 192 valence electrons. The van der Waals surface area contributed by atoms with Crippen LogP contribution in [0.2, 0.25) is 0 Å². The third kappa shape index (κ3) is 5.42. The van der Waals surface area contributed by atoms with Crippen LogP contribution in [0.4, 0.5) is 34.9 Å². The van der Waals surface area contributed by atoms with Gasteiger partial charge in [-0.05, 0) is 42.3 Å². The van der Waals surface area contributed by atoms with Crippen LogP contribution in [-0.4, -0.2) is 65.0 Å². The lowest BCUT2D eigenvalue weighted by molar-refractivity contribution is -0.119. The van der Waals surface area contributed by atoms with Gasteiger partial charge in [-0.25, -0.2) is 0 Å². The second-order valence-electron chi connectivity index (χ2n) is 9.45. The van der Waals surface area contributed by atoms with Gasteiger partial charge in [-0.2, -0.15) is 15.0 Å². The molecule has 2 N–H and O–H groups in total. The number of para-hydroxylation sites is 3. The van der Waals surface area contributed by atoms with Crippen LogP contribution in [0.1, 0.15) is 5.56 Å². The zero-order valence-corrected chi connectivity index (χ0v) is 21.1. The number of benzene rings is 3. The van der Waals surface area contributed by atoms with E-state index < -0.39 is 0 Å². The van der Waals surface area contributed by atoms with Crippen molar-refractivity contribution in [1.29, 1.82) is 0 Å². The van der Waals surface area contributed by atoms with Crippen LogP contribution in [-0.2, 0) is 11.2 Å². The molecule has 0 bridgehead atoms. The number of fused-ring (bicyclic) bond motifs is 1. The molecule has 1 amide bonds. The van der Waals surface area contributed by atoms with E-state index in [9.17, 15) is 4.79 Å². The molecule has 4 aromatic rings. The normalized spacial score (nSPS) is 15.3. The van der Waals surface area contributed by atoms with E-state index in [-0.39, 0.29) is 5.91 Å². The summed E-state index contributed by atoms with van der Waals surface area (Å²) in [5.41, 5.74) is 4.11. The first-order valence-electron chi connectivity index (χ1n) is 13.0. The van der Waals surface area contributed by atoms with Gasteiger partial charge < -0.3 is 20.4 Å². The SMILES string of the molecule is O=C(CN1CCN(c2nc(Nc3ccccc3)nc(Nc3ccccc3)n2)CC1)N1CCc2ccccc21. The number of hydrogen-bond acceptors (Lipinski definition) is 8. The second kappa shape index (κ2) is 10.9. The van der Waals surface area contributed by atoms with E-state index in [4.69, 9.17) is 9.97 Å². The molecule has 9 nitrogen and oxygen atoms in total. The maximum absolute atomic E-state index is 13.1. The van der Waals surface area contributed by atoms with Gasteiger partial charge in [0.2, 0.25) is 23.8 Å². The third-order valence-electron chi connectivity index (χ3n) is 6.89. The Kier molecular flexibility index (Phi) is 6.82. The van der Waals surface area contributed by atoms with E-state index in [1.165, 1.54) is 5.56 Å². The number of piperazine rings is 1. The van der Waals surface area contributed by atoms with Crippen molar-refractivity contribution >= 4 is 40.8 Å². The van der Waals surface area contributed by atoms with Crippen molar-refractivity contribution < 1.29 is 4.79 Å². The molecule has 2 aliphatic rings. The second-order valence-corrected chi connectivity index (χ2v) is 9.45. The number of anilines is 6. The largest absolute Gasteiger partial charge is 0.338 e. The Bertz CT molecular complexity index is 1330. The Hall–Kier alpha value is -4.50. The molecule has 0 saturated carbocycles. The Morgan fingerprint density at radius 3 is 1.89 bits per heavy atom. The lowest BCUT2D eigenvalue weighted by Gasteiger charge is -2.35. The summed E-state index contributed by atoms with van der Waals surface area (Å²) >= 11 is 0. The maximum atomic E-state index is 13.1. The first-order valence-corrected chi connectivity index (χ1v) is 13.0. The highest BCUT2D eigenvalue weighted by atomic mass is 16.2. The average molecular weight is 507 g/mol. The molecule has 3 heterocycles. The van der Waals surface area contributed by atoms with Gasteiger partial charge in [0.25, 0.3) is 0 Å². The summed E-state index contributed by atoms with van der Waals surface area (Å²) < 4.78 is 0. The molecule has 0 atom stereocenters. The molecule has 6 rings (SSSR count). The first-order chi connectivity index (χ1) is 18.7. The molecule has 1 aromatic heterocycles. The number of rotatable bonds is 7. The van der Waals surface area contributed by atoms with Crippen LogP contribution in [0.5, 0.6) is 0 Å². The summed E-state index contributed by atoms with van der Waals surface area (Å²) in [6.45, 7) is 4.15. The average Bonchev–Trinajstić information content (AvgIpc) is 3.39. The highest BCUT2D eigenvalue weighted by Crippen LogP contribution is 2.28. The van der Waals surface area contributed by atoms with Crippen molar-refractivity contribution in [3.8, 4) is 0 Å². The van der Waals surface area contributed by atoms with Crippen LogP contribution in [0.3, 0.4) is 0 Å². The van der Waals surface area contributed by atoms with Gasteiger partial charge in [0.15, 0.2) is 0 Å². The lowest BCUT2D eigenvalue weighted by atomic mass is 10.2. The molecule has 0 spiro atoms. The van der Waals surface area contributed by atoms with E-state index >= 15 is 0 Å². The quantitative estimate of drug-likeness (QED) is 0.388. The molecule has 2 aliphatic heterocycles. The Morgan fingerprint density at radius 1 is 0.684 bits per heavy atom. The molecular formula is C29H30N8O. The number of hydrogen-bond donors (Lipinski definition) is 2. The molecule has 3 aromatic carbocycles.